The van der Waals surface area contributed by atoms with Crippen molar-refractivity contribution >= 4 is 17.8 Å². The largest absolute Gasteiger partial charge is 0.481 e. The lowest BCUT2D eigenvalue weighted by Crippen LogP contribution is -2.39. The quantitative estimate of drug-likeness (QED) is 0.678. The fourth-order valence-corrected chi connectivity index (χ4v) is 2.20. The molecule has 1 saturated heterocycles. The van der Waals surface area contributed by atoms with Crippen LogP contribution in [0.3, 0.4) is 0 Å². The average Bonchev–Trinajstić information content (AvgIpc) is 2.76. The van der Waals surface area contributed by atoms with Crippen LogP contribution in [0, 0.1) is 5.92 Å². The second kappa shape index (κ2) is 7.23. The van der Waals surface area contributed by atoms with E-state index in [1.165, 1.54) is 7.11 Å². The van der Waals surface area contributed by atoms with E-state index in [1.807, 2.05) is 13.8 Å². The maximum atomic E-state index is 12.0. The first-order chi connectivity index (χ1) is 9.35. The molecule has 0 radical (unpaired) electrons. The van der Waals surface area contributed by atoms with E-state index in [-0.39, 0.29) is 43.2 Å². The second-order valence-corrected chi connectivity index (χ2v) is 5.24. The summed E-state index contributed by atoms with van der Waals surface area (Å²) in [7, 11) is 1.40. The first kappa shape index (κ1) is 16.4. The first-order valence-corrected chi connectivity index (χ1v) is 6.66. The number of nitrogens with zero attached hydrogens (tertiary/aromatic N) is 1. The lowest BCUT2D eigenvalue weighted by atomic mass is 10.1. The summed E-state index contributed by atoms with van der Waals surface area (Å²) in [6, 6.07) is 0.0824. The summed E-state index contributed by atoms with van der Waals surface area (Å²) in [6.45, 7) is 4.37. The minimum atomic E-state index is -0.979. The zero-order chi connectivity index (χ0) is 15.3. The number of aliphatic carboxylic acids is 1. The predicted molar refractivity (Wildman–Crippen MR) is 71.0 cm³/mol. The van der Waals surface area contributed by atoms with E-state index < -0.39 is 12.1 Å². The molecule has 2 amide bonds. The fourth-order valence-electron chi connectivity index (χ4n) is 2.20. The van der Waals surface area contributed by atoms with E-state index in [2.05, 4.69) is 5.32 Å². The van der Waals surface area contributed by atoms with Gasteiger partial charge in [0, 0.05) is 32.7 Å². The van der Waals surface area contributed by atoms with E-state index in [1.54, 1.807) is 4.90 Å². The Morgan fingerprint density at radius 2 is 2.15 bits per heavy atom. The highest BCUT2D eigenvalue weighted by atomic mass is 16.5. The molecule has 20 heavy (non-hydrogen) atoms. The highest BCUT2D eigenvalue weighted by Crippen LogP contribution is 2.20. The molecule has 2 unspecified atom stereocenters. The van der Waals surface area contributed by atoms with Gasteiger partial charge in [-0.1, -0.05) is 0 Å². The highest BCUT2D eigenvalue weighted by molar-refractivity contribution is 5.89. The SMILES string of the molecule is COC(CNC(=O)C1CC(=O)N(C(C)C)C1)CC(=O)O. The third-order valence-corrected chi connectivity index (χ3v) is 3.39. The topological polar surface area (TPSA) is 95.9 Å². The van der Waals surface area contributed by atoms with Crippen molar-refractivity contribution in [1.82, 2.24) is 10.2 Å². The Labute approximate surface area is 118 Å². The Hall–Kier alpha value is -1.63. The molecule has 7 nitrogen and oxygen atoms in total. The van der Waals surface area contributed by atoms with Crippen molar-refractivity contribution in [3.05, 3.63) is 0 Å². The van der Waals surface area contributed by atoms with E-state index in [0.717, 1.165) is 0 Å². The summed E-state index contributed by atoms with van der Waals surface area (Å²) in [4.78, 5) is 35.9. The Kier molecular flexibility index (Phi) is 5.94. The molecule has 2 N–H and O–H groups in total. The van der Waals surface area contributed by atoms with Gasteiger partial charge < -0.3 is 20.1 Å². The minimum Gasteiger partial charge on any atom is -0.481 e. The van der Waals surface area contributed by atoms with Crippen molar-refractivity contribution in [2.75, 3.05) is 20.2 Å². The maximum absolute atomic E-state index is 12.0. The molecular weight excluding hydrogens is 264 g/mol. The predicted octanol–water partition coefficient (Wildman–Crippen LogP) is -0.151. The molecule has 0 bridgehead atoms. The van der Waals surface area contributed by atoms with Gasteiger partial charge >= 0.3 is 5.97 Å². The summed E-state index contributed by atoms with van der Waals surface area (Å²) in [5, 5.41) is 11.3. The smallest absolute Gasteiger partial charge is 0.306 e. The molecule has 0 aromatic heterocycles. The van der Waals surface area contributed by atoms with Crippen molar-refractivity contribution in [2.24, 2.45) is 5.92 Å². The number of ether oxygens (including phenoxy) is 1. The van der Waals surface area contributed by atoms with E-state index >= 15 is 0 Å². The van der Waals surface area contributed by atoms with Crippen LogP contribution in [0.1, 0.15) is 26.7 Å². The molecule has 1 rings (SSSR count). The monoisotopic (exact) mass is 286 g/mol. The third kappa shape index (κ3) is 4.48. The number of rotatable bonds is 7. The Bertz CT molecular complexity index is 383. The van der Waals surface area contributed by atoms with Crippen molar-refractivity contribution in [1.29, 1.82) is 0 Å². The summed E-state index contributed by atoms with van der Waals surface area (Å²) in [5.74, 6) is -1.59. The number of carboxylic acid groups (broad SMARTS) is 1. The third-order valence-electron chi connectivity index (χ3n) is 3.39. The summed E-state index contributed by atoms with van der Waals surface area (Å²) in [6.07, 6.45) is -0.520. The zero-order valence-electron chi connectivity index (χ0n) is 12.1. The van der Waals surface area contributed by atoms with Crippen LogP contribution in [0.15, 0.2) is 0 Å². The standard InChI is InChI=1S/C13H22N2O5/c1-8(2)15-7-9(4-11(15)16)13(19)14-6-10(20-3)5-12(17)18/h8-10H,4-7H2,1-3H3,(H,14,19)(H,17,18). The van der Waals surface area contributed by atoms with Crippen LogP contribution in [0.25, 0.3) is 0 Å². The molecule has 0 saturated carbocycles. The molecule has 1 aliphatic rings. The van der Waals surface area contributed by atoms with Crippen LogP contribution >= 0.6 is 0 Å². The van der Waals surface area contributed by atoms with E-state index in [4.69, 9.17) is 9.84 Å². The molecular formula is C13H22N2O5. The second-order valence-electron chi connectivity index (χ2n) is 5.24. The van der Waals surface area contributed by atoms with Crippen LogP contribution in [0.2, 0.25) is 0 Å². The molecule has 0 aliphatic carbocycles. The summed E-state index contributed by atoms with van der Waals surface area (Å²) in [5.41, 5.74) is 0. The fraction of sp³-hybridized carbons (Fsp3) is 0.769. The van der Waals surface area contributed by atoms with Crippen LogP contribution in [-0.2, 0) is 19.1 Å². The normalized spacial score (nSPS) is 20.3. The van der Waals surface area contributed by atoms with Gasteiger partial charge in [-0.3, -0.25) is 14.4 Å². The minimum absolute atomic E-state index is 0.0195. The Morgan fingerprint density at radius 3 is 2.60 bits per heavy atom. The van der Waals surface area contributed by atoms with Gasteiger partial charge in [-0.05, 0) is 13.8 Å². The Balaban J connectivity index is 2.44. The zero-order valence-corrected chi connectivity index (χ0v) is 12.1. The number of carboxylic acids is 1. The number of amides is 2. The summed E-state index contributed by atoms with van der Waals surface area (Å²) < 4.78 is 4.98. The molecule has 1 aliphatic heterocycles. The molecule has 2 atom stereocenters. The number of carbonyl (C=O) groups is 3. The molecule has 0 spiro atoms. The van der Waals surface area contributed by atoms with Crippen molar-refractivity contribution in [3.63, 3.8) is 0 Å². The number of likely N-dealkylation sites (tertiary alicyclic amines) is 1. The van der Waals surface area contributed by atoms with E-state index in [0.29, 0.717) is 6.54 Å². The first-order valence-electron chi connectivity index (χ1n) is 6.66. The Morgan fingerprint density at radius 1 is 1.50 bits per heavy atom. The number of methoxy groups -OCH3 is 1. The molecule has 1 heterocycles. The number of hydrogen-bond donors (Lipinski definition) is 2. The molecule has 7 heteroatoms. The van der Waals surface area contributed by atoms with Crippen molar-refractivity contribution in [2.45, 2.75) is 38.8 Å². The number of nitrogens with one attached hydrogen (secondary N) is 1. The van der Waals surface area contributed by atoms with Crippen molar-refractivity contribution in [3.8, 4) is 0 Å². The number of carbonyl (C=O) groups excluding carboxylic acids is 2. The van der Waals surface area contributed by atoms with E-state index in [9.17, 15) is 14.4 Å². The highest BCUT2D eigenvalue weighted by Gasteiger charge is 2.35. The van der Waals surface area contributed by atoms with Gasteiger partial charge in [0.25, 0.3) is 0 Å². The van der Waals surface area contributed by atoms with Crippen LogP contribution in [0.5, 0.6) is 0 Å². The number of hydrogen-bond acceptors (Lipinski definition) is 4. The molecule has 1 fully saturated rings. The molecule has 0 aromatic rings. The molecule has 114 valence electrons. The van der Waals surface area contributed by atoms with Gasteiger partial charge in [-0.25, -0.2) is 0 Å². The van der Waals surface area contributed by atoms with Gasteiger partial charge in [0.1, 0.15) is 0 Å². The molecule has 0 aromatic carbocycles. The lowest BCUT2D eigenvalue weighted by Gasteiger charge is -2.21. The van der Waals surface area contributed by atoms with Crippen LogP contribution in [0.4, 0.5) is 0 Å². The van der Waals surface area contributed by atoms with Gasteiger partial charge in [-0.2, -0.15) is 0 Å². The van der Waals surface area contributed by atoms with Gasteiger partial charge in [0.15, 0.2) is 0 Å². The van der Waals surface area contributed by atoms with Crippen LogP contribution in [-0.4, -0.2) is 60.1 Å². The van der Waals surface area contributed by atoms with Gasteiger partial charge in [0.05, 0.1) is 18.4 Å². The summed E-state index contributed by atoms with van der Waals surface area (Å²) >= 11 is 0. The van der Waals surface area contributed by atoms with Gasteiger partial charge in [-0.15, -0.1) is 0 Å². The maximum Gasteiger partial charge on any atom is 0.306 e. The van der Waals surface area contributed by atoms with Crippen LogP contribution < -0.4 is 5.32 Å². The lowest BCUT2D eigenvalue weighted by molar-refractivity contribution is -0.140. The average molecular weight is 286 g/mol. The van der Waals surface area contributed by atoms with Gasteiger partial charge in [0.2, 0.25) is 11.8 Å². The van der Waals surface area contributed by atoms with Crippen molar-refractivity contribution < 1.29 is 24.2 Å².